The van der Waals surface area contributed by atoms with Gasteiger partial charge in [0.2, 0.25) is 0 Å². The van der Waals surface area contributed by atoms with E-state index in [0.717, 1.165) is 16.8 Å². The molecule has 0 unspecified atom stereocenters. The van der Waals surface area contributed by atoms with Crippen LogP contribution in [0.4, 0.5) is 4.39 Å². The largest absolute Gasteiger partial charge is 0.322 e. The van der Waals surface area contributed by atoms with Gasteiger partial charge in [-0.2, -0.15) is 0 Å². The molecular formula is C12H15FN2S. The molecule has 0 radical (unpaired) electrons. The molecule has 0 aliphatic rings. The molecule has 1 aromatic carbocycles. The Kier molecular flexibility index (Phi) is 5.22. The lowest BCUT2D eigenvalue weighted by molar-refractivity contribution is 0.625. The summed E-state index contributed by atoms with van der Waals surface area (Å²) >= 11 is 1.48. The number of benzene rings is 1. The van der Waals surface area contributed by atoms with Gasteiger partial charge in [-0.25, -0.2) is 4.39 Å². The van der Waals surface area contributed by atoms with Crippen LogP contribution in [0, 0.1) is 12.7 Å². The van der Waals surface area contributed by atoms with E-state index in [1.807, 2.05) is 12.3 Å². The zero-order valence-corrected chi connectivity index (χ0v) is 10.1. The molecule has 0 spiro atoms. The fraction of sp³-hybridized carbons (Fsp3) is 0.250. The maximum absolute atomic E-state index is 12.9. The molecule has 0 fully saturated rings. The van der Waals surface area contributed by atoms with Gasteiger partial charge in [0, 0.05) is 12.3 Å². The van der Waals surface area contributed by atoms with Crippen molar-refractivity contribution in [3.05, 3.63) is 46.2 Å². The molecule has 2 N–H and O–H groups in total. The Labute approximate surface area is 99.5 Å². The summed E-state index contributed by atoms with van der Waals surface area (Å²) < 4.78 is 12.9. The number of nitrogens with two attached hydrogens (primary N) is 1. The molecule has 16 heavy (non-hydrogen) atoms. The first-order valence-corrected chi connectivity index (χ1v) is 5.94. The highest BCUT2D eigenvalue weighted by Crippen LogP contribution is 2.17. The van der Waals surface area contributed by atoms with Gasteiger partial charge in [-0.15, -0.1) is 11.8 Å². The number of thioether (sulfide) groups is 1. The van der Waals surface area contributed by atoms with E-state index in [4.69, 9.17) is 5.73 Å². The summed E-state index contributed by atoms with van der Waals surface area (Å²) in [4.78, 5) is 3.93. The minimum Gasteiger partial charge on any atom is -0.322 e. The van der Waals surface area contributed by atoms with Crippen LogP contribution in [0.5, 0.6) is 0 Å². The van der Waals surface area contributed by atoms with Crippen molar-refractivity contribution >= 4 is 18.5 Å². The lowest BCUT2D eigenvalue weighted by Gasteiger charge is -2.06. The third-order valence-electron chi connectivity index (χ3n) is 2.19. The molecule has 4 heteroatoms. The van der Waals surface area contributed by atoms with Crippen molar-refractivity contribution in [2.75, 3.05) is 5.88 Å². The molecule has 0 amide bonds. The molecule has 0 bridgehead atoms. The van der Waals surface area contributed by atoms with Gasteiger partial charge < -0.3 is 5.73 Å². The Morgan fingerprint density at radius 3 is 2.94 bits per heavy atom. The molecule has 2 nitrogen and oxygen atoms in total. The molecule has 0 saturated heterocycles. The first-order valence-electron chi connectivity index (χ1n) is 4.90. The maximum Gasteiger partial charge on any atom is 0.123 e. The molecule has 86 valence electrons. The van der Waals surface area contributed by atoms with Crippen LogP contribution in [-0.2, 0) is 6.42 Å². The summed E-state index contributed by atoms with van der Waals surface area (Å²) in [6, 6.07) is 4.75. The van der Waals surface area contributed by atoms with Crippen LogP contribution in [0.1, 0.15) is 11.1 Å². The summed E-state index contributed by atoms with van der Waals surface area (Å²) in [6.45, 7) is 5.39. The van der Waals surface area contributed by atoms with E-state index in [2.05, 4.69) is 11.7 Å². The molecule has 0 aliphatic heterocycles. The number of aryl methyl sites for hydroxylation is 1. The minimum atomic E-state index is -0.213. The van der Waals surface area contributed by atoms with Gasteiger partial charge in [0.1, 0.15) is 5.82 Å². The Morgan fingerprint density at radius 1 is 1.62 bits per heavy atom. The molecule has 0 atom stereocenters. The van der Waals surface area contributed by atoms with Crippen LogP contribution >= 0.6 is 11.8 Å². The van der Waals surface area contributed by atoms with E-state index in [1.165, 1.54) is 23.9 Å². The van der Waals surface area contributed by atoms with Gasteiger partial charge in [0.05, 0.1) is 5.70 Å². The Morgan fingerprint density at radius 2 is 2.38 bits per heavy atom. The smallest absolute Gasteiger partial charge is 0.123 e. The standard InChI is InChI=1S/C12H15FN2S/c1-9-5-11(13)4-3-10(9)6-12(15-2)7-16-8-14/h3-5,7H,2,6,8,14H2,1H3/b12-7-. The molecule has 0 heterocycles. The number of halogens is 1. The monoisotopic (exact) mass is 238 g/mol. The highest BCUT2D eigenvalue weighted by Gasteiger charge is 2.02. The summed E-state index contributed by atoms with van der Waals surface area (Å²) in [5, 5.41) is 1.88. The average molecular weight is 238 g/mol. The molecular weight excluding hydrogens is 223 g/mol. The van der Waals surface area contributed by atoms with Crippen molar-refractivity contribution in [1.82, 2.24) is 0 Å². The number of hydrogen-bond acceptors (Lipinski definition) is 3. The van der Waals surface area contributed by atoms with Crippen LogP contribution in [0.2, 0.25) is 0 Å². The van der Waals surface area contributed by atoms with E-state index < -0.39 is 0 Å². The predicted molar refractivity (Wildman–Crippen MR) is 69.1 cm³/mol. The van der Waals surface area contributed by atoms with Gasteiger partial charge in [0.15, 0.2) is 0 Å². The van der Waals surface area contributed by atoms with Crippen LogP contribution in [0.3, 0.4) is 0 Å². The van der Waals surface area contributed by atoms with E-state index in [0.29, 0.717) is 12.3 Å². The van der Waals surface area contributed by atoms with Crippen molar-refractivity contribution in [2.45, 2.75) is 13.3 Å². The van der Waals surface area contributed by atoms with Gasteiger partial charge >= 0.3 is 0 Å². The third-order valence-corrected chi connectivity index (χ3v) is 2.83. The number of allylic oxidation sites excluding steroid dienone is 1. The number of aliphatic imine (C=N–C) groups is 1. The quantitative estimate of drug-likeness (QED) is 0.632. The van der Waals surface area contributed by atoms with Crippen molar-refractivity contribution in [3.8, 4) is 0 Å². The lowest BCUT2D eigenvalue weighted by Crippen LogP contribution is -1.94. The van der Waals surface area contributed by atoms with Gasteiger partial charge in [-0.1, -0.05) is 6.07 Å². The Balaban J connectivity index is 2.82. The molecule has 0 saturated carbocycles. The zero-order chi connectivity index (χ0) is 12.0. The molecule has 1 aromatic rings. The van der Waals surface area contributed by atoms with Crippen molar-refractivity contribution in [1.29, 1.82) is 0 Å². The van der Waals surface area contributed by atoms with Crippen LogP contribution in [0.15, 0.2) is 34.3 Å². The molecule has 0 aliphatic carbocycles. The summed E-state index contributed by atoms with van der Waals surface area (Å²) in [5.74, 6) is 0.302. The van der Waals surface area contributed by atoms with Crippen molar-refractivity contribution in [2.24, 2.45) is 10.7 Å². The second-order valence-corrected chi connectivity index (χ2v) is 4.25. The average Bonchev–Trinajstić information content (AvgIpc) is 2.27. The zero-order valence-electron chi connectivity index (χ0n) is 9.24. The van der Waals surface area contributed by atoms with Crippen LogP contribution in [0.25, 0.3) is 0 Å². The lowest BCUT2D eigenvalue weighted by atomic mass is 10.0. The number of hydrogen-bond donors (Lipinski definition) is 1. The minimum absolute atomic E-state index is 0.213. The molecule has 0 aromatic heterocycles. The van der Waals surface area contributed by atoms with Crippen LogP contribution in [-0.4, -0.2) is 12.6 Å². The second-order valence-electron chi connectivity index (χ2n) is 3.35. The SMILES string of the molecule is C=N/C(=C\SCN)Cc1ccc(F)cc1C. The van der Waals surface area contributed by atoms with E-state index in [-0.39, 0.29) is 5.82 Å². The molecule has 1 rings (SSSR count). The Bertz CT molecular complexity index is 402. The predicted octanol–water partition coefficient (Wildman–Crippen LogP) is 2.87. The summed E-state index contributed by atoms with van der Waals surface area (Å²) in [5.41, 5.74) is 8.21. The summed E-state index contributed by atoms with van der Waals surface area (Å²) in [6.07, 6.45) is 0.655. The van der Waals surface area contributed by atoms with Crippen LogP contribution < -0.4 is 5.73 Å². The highest BCUT2D eigenvalue weighted by atomic mass is 32.2. The van der Waals surface area contributed by atoms with Crippen molar-refractivity contribution < 1.29 is 4.39 Å². The topological polar surface area (TPSA) is 38.4 Å². The normalized spacial score (nSPS) is 11.6. The van der Waals surface area contributed by atoms with Gasteiger partial charge in [0.25, 0.3) is 0 Å². The summed E-state index contributed by atoms with van der Waals surface area (Å²) in [7, 11) is 0. The Hall–Kier alpha value is -1.13. The van der Waals surface area contributed by atoms with Crippen molar-refractivity contribution in [3.63, 3.8) is 0 Å². The maximum atomic E-state index is 12.9. The second kappa shape index (κ2) is 6.45. The first-order chi connectivity index (χ1) is 7.67. The third kappa shape index (κ3) is 3.79. The van der Waals surface area contributed by atoms with E-state index in [9.17, 15) is 4.39 Å². The number of nitrogens with zero attached hydrogens (tertiary/aromatic N) is 1. The first kappa shape index (κ1) is 12.9. The highest BCUT2D eigenvalue weighted by molar-refractivity contribution is 8.02. The fourth-order valence-corrected chi connectivity index (χ4v) is 1.78. The van der Waals surface area contributed by atoms with E-state index >= 15 is 0 Å². The fourth-order valence-electron chi connectivity index (χ4n) is 1.33. The van der Waals surface area contributed by atoms with E-state index in [1.54, 1.807) is 6.07 Å². The van der Waals surface area contributed by atoms with Gasteiger partial charge in [-0.3, -0.25) is 4.99 Å². The van der Waals surface area contributed by atoms with Gasteiger partial charge in [-0.05, 0) is 42.3 Å². The number of rotatable bonds is 5.